The van der Waals surface area contributed by atoms with Gasteiger partial charge in [-0.05, 0) is 36.6 Å². The van der Waals surface area contributed by atoms with E-state index in [9.17, 15) is 0 Å². The zero-order valence-corrected chi connectivity index (χ0v) is 11.8. The molecule has 1 aromatic rings. The van der Waals surface area contributed by atoms with Gasteiger partial charge in [-0.2, -0.15) is 0 Å². The van der Waals surface area contributed by atoms with E-state index in [0.29, 0.717) is 12.0 Å². The summed E-state index contributed by atoms with van der Waals surface area (Å²) in [5.74, 6) is 0.610. The van der Waals surface area contributed by atoms with Gasteiger partial charge in [0.25, 0.3) is 0 Å². The van der Waals surface area contributed by atoms with Crippen molar-refractivity contribution in [2.75, 3.05) is 25.5 Å². The molecule has 1 atom stereocenters. The second-order valence-electron chi connectivity index (χ2n) is 5.17. The molecule has 0 fully saturated rings. The highest BCUT2D eigenvalue weighted by Crippen LogP contribution is 2.24. The van der Waals surface area contributed by atoms with E-state index >= 15 is 0 Å². The van der Waals surface area contributed by atoms with Crippen LogP contribution in [-0.4, -0.2) is 20.6 Å². The largest absolute Gasteiger partial charge is 0.378 e. The summed E-state index contributed by atoms with van der Waals surface area (Å²) >= 11 is 0. The van der Waals surface area contributed by atoms with Crippen LogP contribution in [0.4, 0.5) is 5.69 Å². The van der Waals surface area contributed by atoms with E-state index in [1.54, 1.807) is 0 Å². The minimum atomic E-state index is 0.454. The Balaban J connectivity index is 2.89. The third-order valence-corrected chi connectivity index (χ3v) is 3.03. The summed E-state index contributed by atoms with van der Waals surface area (Å²) in [5, 5.41) is 3.63. The van der Waals surface area contributed by atoms with Crippen molar-refractivity contribution in [3.05, 3.63) is 29.8 Å². The van der Waals surface area contributed by atoms with Crippen LogP contribution in [-0.2, 0) is 0 Å². The van der Waals surface area contributed by atoms with Crippen molar-refractivity contribution in [2.45, 2.75) is 33.2 Å². The molecule has 2 heteroatoms. The van der Waals surface area contributed by atoms with Gasteiger partial charge in [0.1, 0.15) is 0 Å². The van der Waals surface area contributed by atoms with Gasteiger partial charge in [0.05, 0.1) is 0 Å². The molecule has 0 saturated heterocycles. The van der Waals surface area contributed by atoms with Crippen LogP contribution in [0.5, 0.6) is 0 Å². The van der Waals surface area contributed by atoms with Crippen LogP contribution in [0.2, 0.25) is 0 Å². The van der Waals surface area contributed by atoms with Crippen molar-refractivity contribution in [1.82, 2.24) is 5.32 Å². The van der Waals surface area contributed by atoms with Crippen LogP contribution >= 0.6 is 0 Å². The Kier molecular flexibility index (Phi) is 5.49. The molecule has 0 saturated carbocycles. The molecule has 17 heavy (non-hydrogen) atoms. The molecule has 2 nitrogen and oxygen atoms in total. The third-order valence-electron chi connectivity index (χ3n) is 3.03. The predicted octanol–water partition coefficient (Wildman–Crippen LogP) is 3.45. The zero-order valence-electron chi connectivity index (χ0n) is 11.8. The average Bonchev–Trinajstić information content (AvgIpc) is 2.29. The van der Waals surface area contributed by atoms with Crippen molar-refractivity contribution in [3.63, 3.8) is 0 Å². The Morgan fingerprint density at radius 2 is 1.94 bits per heavy atom. The molecular weight excluding hydrogens is 208 g/mol. The van der Waals surface area contributed by atoms with Gasteiger partial charge in [-0.3, -0.25) is 0 Å². The highest BCUT2D eigenvalue weighted by atomic mass is 15.1. The van der Waals surface area contributed by atoms with Gasteiger partial charge in [-0.15, -0.1) is 0 Å². The first-order valence-electron chi connectivity index (χ1n) is 6.57. The van der Waals surface area contributed by atoms with Gasteiger partial charge >= 0.3 is 0 Å². The highest BCUT2D eigenvalue weighted by molar-refractivity contribution is 5.47. The molecule has 1 unspecified atom stereocenters. The number of hydrogen-bond acceptors (Lipinski definition) is 2. The SMILES string of the molecule is CCCNC(c1cccc(N(C)C)c1)C(C)C. The summed E-state index contributed by atoms with van der Waals surface area (Å²) in [6, 6.07) is 9.26. The summed E-state index contributed by atoms with van der Waals surface area (Å²) in [6.07, 6.45) is 1.18. The molecular formula is C15H26N2. The maximum Gasteiger partial charge on any atom is 0.0364 e. The van der Waals surface area contributed by atoms with E-state index in [0.717, 1.165) is 6.54 Å². The number of nitrogens with zero attached hydrogens (tertiary/aromatic N) is 1. The van der Waals surface area contributed by atoms with Crippen LogP contribution in [0.25, 0.3) is 0 Å². The Morgan fingerprint density at radius 3 is 2.47 bits per heavy atom. The summed E-state index contributed by atoms with van der Waals surface area (Å²) in [4.78, 5) is 2.15. The number of hydrogen-bond donors (Lipinski definition) is 1. The minimum Gasteiger partial charge on any atom is -0.378 e. The first-order valence-corrected chi connectivity index (χ1v) is 6.57. The Hall–Kier alpha value is -1.02. The Labute approximate surface area is 106 Å². The lowest BCUT2D eigenvalue weighted by molar-refractivity contribution is 0.413. The minimum absolute atomic E-state index is 0.454. The van der Waals surface area contributed by atoms with Crippen LogP contribution < -0.4 is 10.2 Å². The van der Waals surface area contributed by atoms with E-state index in [4.69, 9.17) is 0 Å². The lowest BCUT2D eigenvalue weighted by atomic mass is 9.95. The topological polar surface area (TPSA) is 15.3 Å². The van der Waals surface area contributed by atoms with Gasteiger partial charge in [-0.1, -0.05) is 32.9 Å². The molecule has 1 N–H and O–H groups in total. The lowest BCUT2D eigenvalue weighted by Crippen LogP contribution is -2.26. The molecule has 0 aliphatic heterocycles. The van der Waals surface area contributed by atoms with Crippen LogP contribution in [0.15, 0.2) is 24.3 Å². The molecule has 0 aromatic heterocycles. The van der Waals surface area contributed by atoms with Crippen molar-refractivity contribution in [2.24, 2.45) is 5.92 Å². The molecule has 0 heterocycles. The smallest absolute Gasteiger partial charge is 0.0364 e. The number of anilines is 1. The first kappa shape index (κ1) is 14.0. The number of benzene rings is 1. The van der Waals surface area contributed by atoms with Crippen LogP contribution in [0.1, 0.15) is 38.8 Å². The van der Waals surface area contributed by atoms with E-state index in [1.165, 1.54) is 17.7 Å². The van der Waals surface area contributed by atoms with Crippen molar-refractivity contribution in [3.8, 4) is 0 Å². The van der Waals surface area contributed by atoms with E-state index in [1.807, 2.05) is 0 Å². The Morgan fingerprint density at radius 1 is 1.24 bits per heavy atom. The molecule has 0 amide bonds. The fourth-order valence-corrected chi connectivity index (χ4v) is 2.03. The molecule has 0 aliphatic rings. The summed E-state index contributed by atoms with van der Waals surface area (Å²) in [6.45, 7) is 7.83. The van der Waals surface area contributed by atoms with Crippen molar-refractivity contribution in [1.29, 1.82) is 0 Å². The quantitative estimate of drug-likeness (QED) is 0.811. The van der Waals surface area contributed by atoms with Crippen molar-refractivity contribution < 1.29 is 0 Å². The van der Waals surface area contributed by atoms with Crippen molar-refractivity contribution >= 4 is 5.69 Å². The lowest BCUT2D eigenvalue weighted by Gasteiger charge is -2.24. The normalized spacial score (nSPS) is 12.8. The van der Waals surface area contributed by atoms with Crippen LogP contribution in [0, 0.1) is 5.92 Å². The number of nitrogens with one attached hydrogen (secondary N) is 1. The molecule has 96 valence electrons. The zero-order chi connectivity index (χ0) is 12.8. The fourth-order valence-electron chi connectivity index (χ4n) is 2.03. The van der Waals surface area contributed by atoms with Gasteiger partial charge in [0, 0.05) is 25.8 Å². The van der Waals surface area contributed by atoms with Gasteiger partial charge in [-0.25, -0.2) is 0 Å². The predicted molar refractivity (Wildman–Crippen MR) is 76.6 cm³/mol. The van der Waals surface area contributed by atoms with E-state index < -0.39 is 0 Å². The maximum absolute atomic E-state index is 3.63. The second kappa shape index (κ2) is 6.65. The van der Waals surface area contributed by atoms with Gasteiger partial charge in [0.15, 0.2) is 0 Å². The van der Waals surface area contributed by atoms with Crippen LogP contribution in [0.3, 0.4) is 0 Å². The Bertz CT molecular complexity index is 331. The second-order valence-corrected chi connectivity index (χ2v) is 5.17. The molecule has 0 aliphatic carbocycles. The molecule has 1 rings (SSSR count). The fraction of sp³-hybridized carbons (Fsp3) is 0.600. The number of rotatable bonds is 6. The highest BCUT2D eigenvalue weighted by Gasteiger charge is 2.15. The first-order chi connectivity index (χ1) is 8.06. The summed E-state index contributed by atoms with van der Waals surface area (Å²) < 4.78 is 0. The maximum atomic E-state index is 3.63. The van der Waals surface area contributed by atoms with Gasteiger partial charge < -0.3 is 10.2 Å². The standard InChI is InChI=1S/C15H26N2/c1-6-10-16-15(12(2)3)13-8-7-9-14(11-13)17(4)5/h7-9,11-12,15-16H,6,10H2,1-5H3. The molecule has 0 bridgehead atoms. The van der Waals surface area contributed by atoms with E-state index in [-0.39, 0.29) is 0 Å². The van der Waals surface area contributed by atoms with Gasteiger partial charge in [0.2, 0.25) is 0 Å². The third kappa shape index (κ3) is 4.04. The molecule has 0 radical (unpaired) electrons. The average molecular weight is 234 g/mol. The molecule has 0 spiro atoms. The monoisotopic (exact) mass is 234 g/mol. The van der Waals surface area contributed by atoms with E-state index in [2.05, 4.69) is 69.3 Å². The summed E-state index contributed by atoms with van der Waals surface area (Å²) in [5.41, 5.74) is 2.66. The molecule has 1 aromatic carbocycles. The summed E-state index contributed by atoms with van der Waals surface area (Å²) in [7, 11) is 4.17.